The van der Waals surface area contributed by atoms with Crippen LogP contribution in [0.3, 0.4) is 0 Å². The van der Waals surface area contributed by atoms with Crippen molar-refractivity contribution in [2.45, 2.75) is 0 Å². The van der Waals surface area contributed by atoms with Crippen LogP contribution in [-0.4, -0.2) is 17.6 Å². The smallest absolute Gasteiger partial charge is 0.272 e. The third-order valence-electron chi connectivity index (χ3n) is 5.54. The molecule has 0 bridgehead atoms. The average Bonchev–Trinajstić information content (AvgIpc) is 2.94. The van der Waals surface area contributed by atoms with Gasteiger partial charge in [-0.05, 0) is 78.4 Å². The van der Waals surface area contributed by atoms with Gasteiger partial charge in [0.25, 0.3) is 11.8 Å². The van der Waals surface area contributed by atoms with Gasteiger partial charge in [0.15, 0.2) is 5.78 Å². The predicted molar refractivity (Wildman–Crippen MR) is 153 cm³/mol. The van der Waals surface area contributed by atoms with Crippen molar-refractivity contribution in [1.82, 2.24) is 5.32 Å². The maximum atomic E-state index is 13.2. The molecule has 194 valence electrons. The molecule has 0 aliphatic rings. The fourth-order valence-electron chi connectivity index (χ4n) is 3.49. The number of allylic oxidation sites excluding steroid dienone is 1. The molecule has 4 aromatic rings. The summed E-state index contributed by atoms with van der Waals surface area (Å²) in [4.78, 5) is 38.6. The van der Waals surface area contributed by atoms with Crippen molar-refractivity contribution in [1.29, 1.82) is 0 Å². The van der Waals surface area contributed by atoms with E-state index < -0.39 is 11.8 Å². The second kappa shape index (κ2) is 12.8. The molecule has 4 aromatic carbocycles. The van der Waals surface area contributed by atoms with E-state index in [0.29, 0.717) is 38.0 Å². The van der Waals surface area contributed by atoms with E-state index in [2.05, 4.69) is 10.6 Å². The summed E-state index contributed by atoms with van der Waals surface area (Å²) >= 11 is 12.6. The van der Waals surface area contributed by atoms with Crippen LogP contribution in [0.25, 0.3) is 12.2 Å². The Labute approximate surface area is 234 Å². The minimum absolute atomic E-state index is 0.0822. The number of benzene rings is 4. The van der Waals surface area contributed by atoms with Crippen LogP contribution in [0.2, 0.25) is 10.0 Å². The Morgan fingerprint density at radius 2 is 1.36 bits per heavy atom. The summed E-state index contributed by atoms with van der Waals surface area (Å²) in [7, 11) is 0. The van der Waals surface area contributed by atoms with E-state index in [9.17, 15) is 18.8 Å². The highest BCUT2D eigenvalue weighted by molar-refractivity contribution is 6.37. The van der Waals surface area contributed by atoms with Crippen LogP contribution in [0, 0.1) is 5.82 Å². The lowest BCUT2D eigenvalue weighted by Gasteiger charge is -2.12. The van der Waals surface area contributed by atoms with Gasteiger partial charge in [0.05, 0.1) is 0 Å². The summed E-state index contributed by atoms with van der Waals surface area (Å²) in [6, 6.07) is 25.3. The highest BCUT2D eigenvalue weighted by Crippen LogP contribution is 2.27. The van der Waals surface area contributed by atoms with E-state index in [1.807, 2.05) is 0 Å². The van der Waals surface area contributed by atoms with Gasteiger partial charge >= 0.3 is 0 Å². The van der Waals surface area contributed by atoms with Crippen LogP contribution in [0.4, 0.5) is 10.1 Å². The highest BCUT2D eigenvalue weighted by Gasteiger charge is 2.17. The predicted octanol–water partition coefficient (Wildman–Crippen LogP) is 7.44. The van der Waals surface area contributed by atoms with Gasteiger partial charge in [-0.3, -0.25) is 14.4 Å². The number of nitrogens with one attached hydrogen (secondary N) is 2. The molecule has 0 aromatic heterocycles. The van der Waals surface area contributed by atoms with Gasteiger partial charge < -0.3 is 10.6 Å². The molecule has 4 rings (SSSR count). The summed E-state index contributed by atoms with van der Waals surface area (Å²) in [5.41, 5.74) is 2.11. The van der Waals surface area contributed by atoms with E-state index >= 15 is 0 Å². The summed E-state index contributed by atoms with van der Waals surface area (Å²) in [6.45, 7) is 0. The standard InChI is InChI=1S/C31H21Cl2FN2O3/c32-26-7-4-8-27(33)25(26)19-28(36-30(38)22-5-2-1-3-6-22)31(39)35-24-16-12-21(13-17-24)29(37)18-11-20-9-14-23(34)15-10-20/h1-19H,(H,35,39)(H,36,38)/b18-11+,28-19-. The molecule has 2 N–H and O–H groups in total. The number of carbonyl (C=O) groups is 3. The van der Waals surface area contributed by atoms with Crippen molar-refractivity contribution in [2.75, 3.05) is 5.32 Å². The zero-order chi connectivity index (χ0) is 27.8. The first-order valence-corrected chi connectivity index (χ1v) is 12.5. The Bertz CT molecular complexity index is 1550. The van der Waals surface area contributed by atoms with E-state index in [4.69, 9.17) is 23.2 Å². The fourth-order valence-corrected chi connectivity index (χ4v) is 4.00. The van der Waals surface area contributed by atoms with E-state index in [1.54, 1.807) is 91.0 Å². The molecule has 0 heterocycles. The van der Waals surface area contributed by atoms with Crippen LogP contribution in [0.15, 0.2) is 109 Å². The number of hydrogen-bond acceptors (Lipinski definition) is 3. The quantitative estimate of drug-likeness (QED) is 0.174. The second-order valence-electron chi connectivity index (χ2n) is 8.29. The molecule has 39 heavy (non-hydrogen) atoms. The lowest BCUT2D eigenvalue weighted by Crippen LogP contribution is -2.30. The molecule has 0 spiro atoms. The molecule has 0 atom stereocenters. The Kier molecular flexibility index (Phi) is 9.05. The van der Waals surface area contributed by atoms with Crippen molar-refractivity contribution in [2.24, 2.45) is 0 Å². The second-order valence-corrected chi connectivity index (χ2v) is 9.11. The zero-order valence-electron chi connectivity index (χ0n) is 20.3. The molecule has 0 radical (unpaired) electrons. The van der Waals surface area contributed by atoms with Gasteiger partial charge in [0, 0.05) is 32.4 Å². The van der Waals surface area contributed by atoms with Crippen molar-refractivity contribution in [3.8, 4) is 0 Å². The number of carbonyl (C=O) groups excluding carboxylic acids is 3. The number of rotatable bonds is 8. The maximum Gasteiger partial charge on any atom is 0.272 e. The molecule has 0 aliphatic carbocycles. The minimum atomic E-state index is -0.620. The SMILES string of the molecule is O=C(Nc1ccc(C(=O)/C=C/c2ccc(F)cc2)cc1)/C(=C/c1c(Cl)cccc1Cl)NC(=O)c1ccccc1. The Morgan fingerprint density at radius 1 is 0.718 bits per heavy atom. The van der Waals surface area contributed by atoms with Gasteiger partial charge in [0.1, 0.15) is 11.5 Å². The molecule has 0 aliphatic heterocycles. The third kappa shape index (κ3) is 7.51. The highest BCUT2D eigenvalue weighted by atomic mass is 35.5. The van der Waals surface area contributed by atoms with Crippen LogP contribution in [0.1, 0.15) is 31.8 Å². The molecule has 0 unspecified atom stereocenters. The Morgan fingerprint density at radius 3 is 2.00 bits per heavy atom. The molecular formula is C31H21Cl2FN2O3. The number of anilines is 1. The van der Waals surface area contributed by atoms with E-state index in [0.717, 1.165) is 0 Å². The van der Waals surface area contributed by atoms with Gasteiger partial charge in [0.2, 0.25) is 0 Å². The maximum absolute atomic E-state index is 13.2. The van der Waals surface area contributed by atoms with Crippen LogP contribution in [-0.2, 0) is 4.79 Å². The first-order chi connectivity index (χ1) is 18.8. The zero-order valence-corrected chi connectivity index (χ0v) is 21.8. The van der Waals surface area contributed by atoms with Crippen LogP contribution < -0.4 is 10.6 Å². The number of amides is 2. The fraction of sp³-hybridized carbons (Fsp3) is 0. The third-order valence-corrected chi connectivity index (χ3v) is 6.20. The van der Waals surface area contributed by atoms with Crippen LogP contribution in [0.5, 0.6) is 0 Å². The van der Waals surface area contributed by atoms with Gasteiger partial charge in [-0.25, -0.2) is 4.39 Å². The largest absolute Gasteiger partial charge is 0.321 e. The molecule has 8 heteroatoms. The number of hydrogen-bond donors (Lipinski definition) is 2. The summed E-state index contributed by atoms with van der Waals surface area (Å²) in [5, 5.41) is 5.95. The lowest BCUT2D eigenvalue weighted by atomic mass is 10.1. The van der Waals surface area contributed by atoms with Crippen molar-refractivity contribution in [3.63, 3.8) is 0 Å². The molecule has 5 nitrogen and oxygen atoms in total. The summed E-state index contributed by atoms with van der Waals surface area (Å²) in [6.07, 6.45) is 4.37. The van der Waals surface area contributed by atoms with Crippen molar-refractivity contribution < 1.29 is 18.8 Å². The summed E-state index contributed by atoms with van der Waals surface area (Å²) < 4.78 is 13.1. The summed E-state index contributed by atoms with van der Waals surface area (Å²) in [5.74, 6) is -1.73. The minimum Gasteiger partial charge on any atom is -0.321 e. The van der Waals surface area contributed by atoms with Gasteiger partial charge in [-0.15, -0.1) is 0 Å². The van der Waals surface area contributed by atoms with E-state index in [-0.39, 0.29) is 17.3 Å². The topological polar surface area (TPSA) is 75.3 Å². The molecule has 0 saturated heterocycles. The molecule has 2 amide bonds. The molecular weight excluding hydrogens is 538 g/mol. The van der Waals surface area contributed by atoms with Gasteiger partial charge in [-0.2, -0.15) is 0 Å². The van der Waals surface area contributed by atoms with E-state index in [1.165, 1.54) is 24.3 Å². The monoisotopic (exact) mass is 558 g/mol. The average molecular weight is 559 g/mol. The Balaban J connectivity index is 1.52. The Hall–Kier alpha value is -4.52. The van der Waals surface area contributed by atoms with Crippen LogP contribution >= 0.6 is 23.2 Å². The number of halogens is 3. The first-order valence-electron chi connectivity index (χ1n) is 11.7. The van der Waals surface area contributed by atoms with Gasteiger partial charge in [-0.1, -0.05) is 65.7 Å². The lowest BCUT2D eigenvalue weighted by molar-refractivity contribution is -0.113. The first kappa shape index (κ1) is 27.5. The van der Waals surface area contributed by atoms with Crippen molar-refractivity contribution >= 4 is 58.6 Å². The molecule has 0 fully saturated rings. The van der Waals surface area contributed by atoms with Crippen molar-refractivity contribution in [3.05, 3.63) is 147 Å². The number of ketones is 1. The molecule has 0 saturated carbocycles. The normalized spacial score (nSPS) is 11.3.